The van der Waals surface area contributed by atoms with Crippen LogP contribution in [-0.2, 0) is 4.79 Å². The third kappa shape index (κ3) is 3.70. The first-order valence-corrected chi connectivity index (χ1v) is 8.02. The Morgan fingerprint density at radius 1 is 1.39 bits per heavy atom. The van der Waals surface area contributed by atoms with Crippen LogP contribution in [0, 0.1) is 12.8 Å². The van der Waals surface area contributed by atoms with E-state index in [-0.39, 0.29) is 17.9 Å². The summed E-state index contributed by atoms with van der Waals surface area (Å²) in [5.41, 5.74) is 0. The van der Waals surface area contributed by atoms with E-state index in [1.54, 1.807) is 18.5 Å². The molecule has 122 valence electrons. The minimum atomic E-state index is -0.125. The molecule has 0 radical (unpaired) electrons. The summed E-state index contributed by atoms with van der Waals surface area (Å²) >= 11 is 0. The Morgan fingerprint density at radius 2 is 2.17 bits per heavy atom. The second-order valence-electron chi connectivity index (χ2n) is 6.01. The molecule has 6 nitrogen and oxygen atoms in total. The highest BCUT2D eigenvalue weighted by Gasteiger charge is 2.28. The summed E-state index contributed by atoms with van der Waals surface area (Å²) in [6.45, 7) is 5.38. The number of furan rings is 1. The molecule has 1 fully saturated rings. The van der Waals surface area contributed by atoms with Crippen LogP contribution < -0.4 is 10.2 Å². The second kappa shape index (κ2) is 6.81. The zero-order valence-corrected chi connectivity index (χ0v) is 13.5. The van der Waals surface area contributed by atoms with Crippen LogP contribution in [0.3, 0.4) is 0 Å². The number of carbonyl (C=O) groups is 1. The van der Waals surface area contributed by atoms with Crippen LogP contribution in [0.5, 0.6) is 0 Å². The number of nitrogens with one attached hydrogen (secondary N) is 1. The lowest BCUT2D eigenvalue weighted by atomic mass is 9.97. The Hall–Kier alpha value is -2.37. The SMILES string of the molecule is Cc1ccc(C(C)NC(=O)C2CCCN(c3ncccn3)C2)o1. The van der Waals surface area contributed by atoms with Gasteiger partial charge in [0, 0.05) is 25.5 Å². The summed E-state index contributed by atoms with van der Waals surface area (Å²) in [5.74, 6) is 2.35. The van der Waals surface area contributed by atoms with Crippen molar-refractivity contribution in [1.29, 1.82) is 0 Å². The van der Waals surface area contributed by atoms with Crippen LogP contribution >= 0.6 is 0 Å². The van der Waals surface area contributed by atoms with E-state index in [0.717, 1.165) is 30.9 Å². The largest absolute Gasteiger partial charge is 0.464 e. The van der Waals surface area contributed by atoms with Gasteiger partial charge in [0.1, 0.15) is 11.5 Å². The van der Waals surface area contributed by atoms with Gasteiger partial charge < -0.3 is 14.6 Å². The van der Waals surface area contributed by atoms with Crippen molar-refractivity contribution in [3.05, 3.63) is 42.1 Å². The Balaban J connectivity index is 1.61. The average molecular weight is 314 g/mol. The van der Waals surface area contributed by atoms with Crippen LogP contribution in [0.15, 0.2) is 35.0 Å². The zero-order valence-electron chi connectivity index (χ0n) is 13.5. The van der Waals surface area contributed by atoms with Crippen LogP contribution in [0.4, 0.5) is 5.95 Å². The number of hydrogen-bond donors (Lipinski definition) is 1. The Labute approximate surface area is 135 Å². The fraction of sp³-hybridized carbons (Fsp3) is 0.471. The van der Waals surface area contributed by atoms with Crippen molar-refractivity contribution in [2.75, 3.05) is 18.0 Å². The van der Waals surface area contributed by atoms with E-state index in [4.69, 9.17) is 4.42 Å². The van der Waals surface area contributed by atoms with Crippen molar-refractivity contribution in [3.63, 3.8) is 0 Å². The monoisotopic (exact) mass is 314 g/mol. The van der Waals surface area contributed by atoms with E-state index < -0.39 is 0 Å². The number of aryl methyl sites for hydroxylation is 1. The minimum absolute atomic E-state index is 0.0499. The van der Waals surface area contributed by atoms with Gasteiger partial charge in [-0.25, -0.2) is 9.97 Å². The van der Waals surface area contributed by atoms with Gasteiger partial charge >= 0.3 is 0 Å². The molecule has 1 saturated heterocycles. The molecule has 23 heavy (non-hydrogen) atoms. The molecule has 6 heteroatoms. The van der Waals surface area contributed by atoms with Crippen LogP contribution in [-0.4, -0.2) is 29.0 Å². The topological polar surface area (TPSA) is 71.3 Å². The van der Waals surface area contributed by atoms with Crippen molar-refractivity contribution in [3.8, 4) is 0 Å². The number of hydrogen-bond acceptors (Lipinski definition) is 5. The molecule has 0 saturated carbocycles. The lowest BCUT2D eigenvalue weighted by Crippen LogP contribution is -2.44. The molecule has 0 aromatic carbocycles. The molecule has 1 N–H and O–H groups in total. The molecule has 2 aromatic heterocycles. The molecular formula is C17H22N4O2. The maximum Gasteiger partial charge on any atom is 0.225 e. The standard InChI is InChI=1S/C17H22N4O2/c1-12-6-7-15(23-12)13(2)20-16(22)14-5-3-10-21(11-14)17-18-8-4-9-19-17/h4,6-9,13-14H,3,5,10-11H2,1-2H3,(H,20,22). The van der Waals surface area contributed by atoms with Gasteiger partial charge in [-0.15, -0.1) is 0 Å². The molecule has 1 aliphatic heterocycles. The molecule has 2 aromatic rings. The van der Waals surface area contributed by atoms with Gasteiger partial charge in [0.05, 0.1) is 12.0 Å². The smallest absolute Gasteiger partial charge is 0.225 e. The van der Waals surface area contributed by atoms with Crippen LogP contribution in [0.1, 0.15) is 37.3 Å². The minimum Gasteiger partial charge on any atom is -0.464 e. The Bertz CT molecular complexity index is 656. The van der Waals surface area contributed by atoms with Gasteiger partial charge in [0.15, 0.2) is 0 Å². The number of nitrogens with zero attached hydrogens (tertiary/aromatic N) is 3. The first kappa shape index (κ1) is 15.5. The van der Waals surface area contributed by atoms with Crippen molar-refractivity contribution < 1.29 is 9.21 Å². The van der Waals surface area contributed by atoms with E-state index in [9.17, 15) is 4.79 Å². The summed E-state index contributed by atoms with van der Waals surface area (Å²) < 4.78 is 5.58. The summed E-state index contributed by atoms with van der Waals surface area (Å²) in [6.07, 6.45) is 5.31. The molecule has 1 aliphatic rings. The molecule has 0 aliphatic carbocycles. The van der Waals surface area contributed by atoms with Crippen molar-refractivity contribution in [1.82, 2.24) is 15.3 Å². The number of carbonyl (C=O) groups excluding carboxylic acids is 1. The number of piperidine rings is 1. The second-order valence-corrected chi connectivity index (χ2v) is 6.01. The summed E-state index contributed by atoms with van der Waals surface area (Å²) in [4.78, 5) is 23.2. The van der Waals surface area contributed by atoms with Crippen molar-refractivity contribution in [2.45, 2.75) is 32.7 Å². The Morgan fingerprint density at radius 3 is 2.87 bits per heavy atom. The predicted molar refractivity (Wildman–Crippen MR) is 87.0 cm³/mol. The first-order chi connectivity index (χ1) is 11.1. The highest BCUT2D eigenvalue weighted by Crippen LogP contribution is 2.22. The average Bonchev–Trinajstić information content (AvgIpc) is 3.02. The lowest BCUT2D eigenvalue weighted by Gasteiger charge is -2.32. The highest BCUT2D eigenvalue weighted by molar-refractivity contribution is 5.79. The van der Waals surface area contributed by atoms with E-state index in [2.05, 4.69) is 20.2 Å². The van der Waals surface area contributed by atoms with Gasteiger partial charge in [-0.3, -0.25) is 4.79 Å². The molecule has 3 heterocycles. The summed E-state index contributed by atoms with van der Waals surface area (Å²) in [6, 6.07) is 5.49. The third-order valence-electron chi connectivity index (χ3n) is 4.17. The van der Waals surface area contributed by atoms with Crippen molar-refractivity contribution in [2.24, 2.45) is 5.92 Å². The van der Waals surface area contributed by atoms with Gasteiger partial charge in [-0.2, -0.15) is 0 Å². The van der Waals surface area contributed by atoms with Crippen LogP contribution in [0.2, 0.25) is 0 Å². The number of rotatable bonds is 4. The zero-order chi connectivity index (χ0) is 16.2. The molecule has 2 atom stereocenters. The van der Waals surface area contributed by atoms with Crippen LogP contribution in [0.25, 0.3) is 0 Å². The van der Waals surface area contributed by atoms with Gasteiger partial charge in [-0.1, -0.05) is 0 Å². The van der Waals surface area contributed by atoms with E-state index in [1.807, 2.05) is 26.0 Å². The molecule has 0 spiro atoms. The lowest BCUT2D eigenvalue weighted by molar-refractivity contribution is -0.126. The Kier molecular flexibility index (Phi) is 4.60. The molecule has 2 unspecified atom stereocenters. The summed E-state index contributed by atoms with van der Waals surface area (Å²) in [5, 5.41) is 3.05. The quantitative estimate of drug-likeness (QED) is 0.938. The van der Waals surface area contributed by atoms with E-state index in [1.165, 1.54) is 0 Å². The number of anilines is 1. The normalized spacial score (nSPS) is 19.4. The molecule has 3 rings (SSSR count). The summed E-state index contributed by atoms with van der Waals surface area (Å²) in [7, 11) is 0. The van der Waals surface area contributed by atoms with Gasteiger partial charge in [0.25, 0.3) is 0 Å². The fourth-order valence-corrected chi connectivity index (χ4v) is 2.92. The van der Waals surface area contributed by atoms with E-state index >= 15 is 0 Å². The number of amides is 1. The van der Waals surface area contributed by atoms with Gasteiger partial charge in [0.2, 0.25) is 11.9 Å². The maximum atomic E-state index is 12.5. The molecular weight excluding hydrogens is 292 g/mol. The number of aromatic nitrogens is 2. The maximum absolute atomic E-state index is 12.5. The predicted octanol–water partition coefficient (Wildman–Crippen LogP) is 2.47. The molecule has 0 bridgehead atoms. The highest BCUT2D eigenvalue weighted by atomic mass is 16.3. The van der Waals surface area contributed by atoms with E-state index in [0.29, 0.717) is 12.5 Å². The van der Waals surface area contributed by atoms with Gasteiger partial charge in [-0.05, 0) is 44.9 Å². The van der Waals surface area contributed by atoms with Crippen molar-refractivity contribution >= 4 is 11.9 Å². The fourth-order valence-electron chi connectivity index (χ4n) is 2.92. The third-order valence-corrected chi connectivity index (χ3v) is 4.17. The first-order valence-electron chi connectivity index (χ1n) is 8.02. The molecule has 1 amide bonds.